The molecule has 3 aromatic rings. The molecule has 0 unspecified atom stereocenters. The predicted molar refractivity (Wildman–Crippen MR) is 85.9 cm³/mol. The van der Waals surface area contributed by atoms with Crippen molar-refractivity contribution in [3.05, 3.63) is 68.2 Å². The van der Waals surface area contributed by atoms with E-state index in [0.29, 0.717) is 21.2 Å². The van der Waals surface area contributed by atoms with E-state index in [4.69, 9.17) is 23.2 Å². The fourth-order valence-corrected chi connectivity index (χ4v) is 2.87. The number of carbonyl (C=O) groups excluding carboxylic acids is 1. The Kier molecular flexibility index (Phi) is 3.59. The van der Waals surface area contributed by atoms with E-state index in [1.165, 1.54) is 0 Å². The SMILES string of the molecule is O=C(c1cc(Cl)ccc1Br)c1c[nH]c2cc(Cl)ccc12. The molecular formula is C15H8BrCl2NO. The van der Waals surface area contributed by atoms with Crippen LogP contribution in [0.3, 0.4) is 0 Å². The van der Waals surface area contributed by atoms with Crippen LogP contribution in [0.4, 0.5) is 0 Å². The Morgan fingerprint density at radius 3 is 2.50 bits per heavy atom. The van der Waals surface area contributed by atoms with E-state index < -0.39 is 0 Å². The zero-order valence-electron chi connectivity index (χ0n) is 10.1. The predicted octanol–water partition coefficient (Wildman–Crippen LogP) is 5.47. The standard InChI is InChI=1S/C15H8BrCl2NO/c16-13-4-2-8(17)5-11(13)15(20)12-7-19-14-6-9(18)1-3-10(12)14/h1-7,19H. The molecule has 0 saturated heterocycles. The highest BCUT2D eigenvalue weighted by Gasteiger charge is 2.17. The molecule has 2 aromatic carbocycles. The Bertz CT molecular complexity index is 826. The lowest BCUT2D eigenvalue weighted by Crippen LogP contribution is -2.01. The summed E-state index contributed by atoms with van der Waals surface area (Å²) in [7, 11) is 0. The van der Waals surface area contributed by atoms with Crippen molar-refractivity contribution in [3.63, 3.8) is 0 Å². The van der Waals surface area contributed by atoms with E-state index in [0.717, 1.165) is 15.4 Å². The summed E-state index contributed by atoms with van der Waals surface area (Å²) in [5, 5.41) is 1.99. The fourth-order valence-electron chi connectivity index (χ4n) is 2.10. The Morgan fingerprint density at radius 2 is 1.70 bits per heavy atom. The minimum atomic E-state index is -0.0899. The van der Waals surface area contributed by atoms with Gasteiger partial charge in [0.25, 0.3) is 0 Å². The van der Waals surface area contributed by atoms with Crippen LogP contribution in [0.5, 0.6) is 0 Å². The number of hydrogen-bond acceptors (Lipinski definition) is 1. The third kappa shape index (κ3) is 2.37. The zero-order valence-corrected chi connectivity index (χ0v) is 13.2. The van der Waals surface area contributed by atoms with Crippen molar-refractivity contribution in [1.29, 1.82) is 0 Å². The molecule has 0 radical (unpaired) electrons. The molecule has 1 heterocycles. The molecule has 0 spiro atoms. The molecule has 5 heteroatoms. The van der Waals surface area contributed by atoms with Crippen molar-refractivity contribution in [2.45, 2.75) is 0 Å². The van der Waals surface area contributed by atoms with E-state index in [1.54, 1.807) is 36.5 Å². The van der Waals surface area contributed by atoms with Crippen molar-refractivity contribution >= 4 is 55.8 Å². The van der Waals surface area contributed by atoms with Crippen molar-refractivity contribution < 1.29 is 4.79 Å². The van der Waals surface area contributed by atoms with Gasteiger partial charge in [-0.3, -0.25) is 4.79 Å². The first kappa shape index (κ1) is 13.7. The van der Waals surface area contributed by atoms with E-state index in [-0.39, 0.29) is 5.78 Å². The maximum atomic E-state index is 12.6. The Hall–Kier alpha value is -1.29. The molecule has 1 N–H and O–H groups in total. The number of aromatic amines is 1. The summed E-state index contributed by atoms with van der Waals surface area (Å²) >= 11 is 15.3. The van der Waals surface area contributed by atoms with Gasteiger partial charge in [0.1, 0.15) is 0 Å². The Morgan fingerprint density at radius 1 is 1.00 bits per heavy atom. The fraction of sp³-hybridized carbons (Fsp3) is 0. The number of aromatic nitrogens is 1. The number of rotatable bonds is 2. The van der Waals surface area contributed by atoms with Gasteiger partial charge in [-0.25, -0.2) is 0 Å². The van der Waals surface area contributed by atoms with Crippen LogP contribution in [0.15, 0.2) is 47.1 Å². The van der Waals surface area contributed by atoms with Gasteiger partial charge in [-0.15, -0.1) is 0 Å². The van der Waals surface area contributed by atoms with Crippen molar-refractivity contribution in [3.8, 4) is 0 Å². The number of hydrogen-bond donors (Lipinski definition) is 1. The number of ketones is 1. The highest BCUT2D eigenvalue weighted by atomic mass is 79.9. The molecule has 0 amide bonds. The van der Waals surface area contributed by atoms with Crippen LogP contribution in [0.1, 0.15) is 15.9 Å². The lowest BCUT2D eigenvalue weighted by atomic mass is 10.0. The van der Waals surface area contributed by atoms with Gasteiger partial charge in [0.15, 0.2) is 5.78 Å². The number of fused-ring (bicyclic) bond motifs is 1. The lowest BCUT2D eigenvalue weighted by Gasteiger charge is -2.03. The maximum Gasteiger partial charge on any atom is 0.196 e. The first-order valence-corrected chi connectivity index (χ1v) is 7.37. The first-order valence-electron chi connectivity index (χ1n) is 5.82. The summed E-state index contributed by atoms with van der Waals surface area (Å²) in [4.78, 5) is 15.7. The highest BCUT2D eigenvalue weighted by Crippen LogP contribution is 2.28. The van der Waals surface area contributed by atoms with Crippen LogP contribution in [-0.2, 0) is 0 Å². The second-order valence-corrected chi connectivity index (χ2v) is 6.07. The second kappa shape index (κ2) is 5.24. The summed E-state index contributed by atoms with van der Waals surface area (Å²) < 4.78 is 0.718. The number of nitrogens with one attached hydrogen (secondary N) is 1. The van der Waals surface area contributed by atoms with Gasteiger partial charge in [0.2, 0.25) is 0 Å². The van der Waals surface area contributed by atoms with Crippen LogP contribution in [0.2, 0.25) is 10.0 Å². The van der Waals surface area contributed by atoms with Gasteiger partial charge < -0.3 is 4.98 Å². The van der Waals surface area contributed by atoms with Crippen LogP contribution in [-0.4, -0.2) is 10.8 Å². The Balaban J connectivity index is 2.15. The van der Waals surface area contributed by atoms with Crippen LogP contribution in [0.25, 0.3) is 10.9 Å². The molecule has 0 aliphatic carbocycles. The second-order valence-electron chi connectivity index (χ2n) is 4.35. The third-order valence-electron chi connectivity index (χ3n) is 3.06. The van der Waals surface area contributed by atoms with Crippen LogP contribution < -0.4 is 0 Å². The highest BCUT2D eigenvalue weighted by molar-refractivity contribution is 9.10. The normalized spacial score (nSPS) is 10.9. The van der Waals surface area contributed by atoms with Crippen LogP contribution >= 0.6 is 39.1 Å². The smallest absolute Gasteiger partial charge is 0.196 e. The van der Waals surface area contributed by atoms with Crippen molar-refractivity contribution in [2.24, 2.45) is 0 Å². The monoisotopic (exact) mass is 367 g/mol. The number of benzene rings is 2. The molecule has 20 heavy (non-hydrogen) atoms. The summed E-state index contributed by atoms with van der Waals surface area (Å²) in [6.07, 6.45) is 1.69. The minimum absolute atomic E-state index is 0.0899. The molecule has 1 aromatic heterocycles. The largest absolute Gasteiger partial charge is 0.360 e. The Labute approximate surface area is 133 Å². The molecule has 0 aliphatic rings. The third-order valence-corrected chi connectivity index (χ3v) is 4.22. The molecule has 0 fully saturated rings. The molecular weight excluding hydrogens is 361 g/mol. The summed E-state index contributed by atoms with van der Waals surface area (Å²) in [5.74, 6) is -0.0899. The number of halogens is 3. The van der Waals surface area contributed by atoms with Gasteiger partial charge in [-0.2, -0.15) is 0 Å². The average molecular weight is 369 g/mol. The minimum Gasteiger partial charge on any atom is -0.360 e. The molecule has 0 atom stereocenters. The maximum absolute atomic E-state index is 12.6. The van der Waals surface area contributed by atoms with Crippen molar-refractivity contribution in [1.82, 2.24) is 4.98 Å². The summed E-state index contributed by atoms with van der Waals surface area (Å²) in [5.41, 5.74) is 1.96. The lowest BCUT2D eigenvalue weighted by molar-refractivity contribution is 0.103. The molecule has 0 aliphatic heterocycles. The first-order chi connectivity index (χ1) is 9.56. The molecule has 100 valence electrons. The summed E-state index contributed by atoms with van der Waals surface area (Å²) in [6.45, 7) is 0. The van der Waals surface area contributed by atoms with Gasteiger partial charge in [-0.05, 0) is 30.3 Å². The van der Waals surface area contributed by atoms with E-state index in [2.05, 4.69) is 20.9 Å². The quantitative estimate of drug-likeness (QED) is 0.598. The molecule has 0 saturated carbocycles. The summed E-state index contributed by atoms with van der Waals surface area (Å²) in [6, 6.07) is 10.5. The van der Waals surface area contributed by atoms with E-state index >= 15 is 0 Å². The van der Waals surface area contributed by atoms with Gasteiger partial charge >= 0.3 is 0 Å². The van der Waals surface area contributed by atoms with Gasteiger partial charge in [0.05, 0.1) is 0 Å². The average Bonchev–Trinajstić information content (AvgIpc) is 2.83. The molecule has 0 bridgehead atoms. The van der Waals surface area contributed by atoms with Crippen molar-refractivity contribution in [2.75, 3.05) is 0 Å². The number of H-pyrrole nitrogens is 1. The van der Waals surface area contributed by atoms with Gasteiger partial charge in [-0.1, -0.05) is 45.2 Å². The molecule has 3 rings (SSSR count). The topological polar surface area (TPSA) is 32.9 Å². The molecule has 2 nitrogen and oxygen atoms in total. The zero-order chi connectivity index (χ0) is 14.3. The van der Waals surface area contributed by atoms with E-state index in [1.807, 2.05) is 6.07 Å². The number of carbonyl (C=O) groups is 1. The van der Waals surface area contributed by atoms with E-state index in [9.17, 15) is 4.79 Å². The van der Waals surface area contributed by atoms with Crippen LogP contribution in [0, 0.1) is 0 Å². The van der Waals surface area contributed by atoms with Gasteiger partial charge in [0, 0.05) is 42.7 Å².